The number of anilines is 2. The number of hydrogen-bond donors (Lipinski definition) is 3. The molecule has 10 nitrogen and oxygen atoms in total. The number of halogens is 1. The summed E-state index contributed by atoms with van der Waals surface area (Å²) >= 11 is 7.85. The molecule has 2 saturated heterocycles. The third-order valence-electron chi connectivity index (χ3n) is 5.53. The Balaban J connectivity index is 1.39. The Kier molecular flexibility index (Phi) is 6.08. The maximum absolute atomic E-state index is 10.7. The Morgan fingerprint density at radius 1 is 1.35 bits per heavy atom. The van der Waals surface area contributed by atoms with Crippen molar-refractivity contribution >= 4 is 45.6 Å². The molecule has 0 radical (unpaired) electrons. The number of fused-ring (bicyclic) bond motifs is 1. The van der Waals surface area contributed by atoms with Gasteiger partial charge in [0.2, 0.25) is 0 Å². The van der Waals surface area contributed by atoms with Crippen molar-refractivity contribution in [3.63, 3.8) is 0 Å². The predicted octanol–water partition coefficient (Wildman–Crippen LogP) is 1.26. The fourth-order valence-electron chi connectivity index (χ4n) is 4.10. The van der Waals surface area contributed by atoms with Crippen LogP contribution in [0.4, 0.5) is 10.8 Å². The molecule has 4 rings (SSSR count). The van der Waals surface area contributed by atoms with Crippen molar-refractivity contribution in [3.05, 3.63) is 34.3 Å². The lowest BCUT2D eigenvalue weighted by Gasteiger charge is -2.24. The summed E-state index contributed by atoms with van der Waals surface area (Å²) in [6.07, 6.45) is 1.64. The van der Waals surface area contributed by atoms with Gasteiger partial charge < -0.3 is 25.4 Å². The van der Waals surface area contributed by atoms with E-state index in [4.69, 9.17) is 33.0 Å². The second-order valence-electron chi connectivity index (χ2n) is 7.63. The highest BCUT2D eigenvalue weighted by atomic mass is 35.5. The van der Waals surface area contributed by atoms with Gasteiger partial charge in [-0.25, -0.2) is 15.9 Å². The molecule has 12 heteroatoms. The van der Waals surface area contributed by atoms with Crippen molar-refractivity contribution in [2.75, 3.05) is 49.6 Å². The summed E-state index contributed by atoms with van der Waals surface area (Å²) in [4.78, 5) is 20.4. The van der Waals surface area contributed by atoms with Crippen LogP contribution in [0.3, 0.4) is 0 Å². The number of amidine groups is 1. The van der Waals surface area contributed by atoms with Crippen LogP contribution in [0.1, 0.15) is 4.88 Å². The molecule has 0 aliphatic carbocycles. The van der Waals surface area contributed by atoms with Crippen molar-refractivity contribution in [2.24, 2.45) is 28.5 Å². The first-order chi connectivity index (χ1) is 14.8. The predicted molar refractivity (Wildman–Crippen MR) is 121 cm³/mol. The number of hydrazone groups is 1. The van der Waals surface area contributed by atoms with Crippen LogP contribution in [0.25, 0.3) is 0 Å². The van der Waals surface area contributed by atoms with Gasteiger partial charge in [-0.15, -0.1) is 5.10 Å². The van der Waals surface area contributed by atoms with Crippen molar-refractivity contribution in [2.45, 2.75) is 0 Å². The molecule has 2 unspecified atom stereocenters. The number of carbonyl (C=O) groups is 1. The van der Waals surface area contributed by atoms with Gasteiger partial charge in [0, 0.05) is 44.1 Å². The van der Waals surface area contributed by atoms with Gasteiger partial charge >= 0.3 is 5.97 Å². The standard InChI is InChI=1S/C19H24ClN7O3S/c1-30-13-2-3-14(20)15(4-13)25-6-11-8-26(9-12(11)7-25)19-23-5-16(31-19)18(21)24-27(22)10-17(28)29/h2-5,11-12H,6-10,22H2,1H3,(H2,21,24)(H,28,29). The number of ether oxygens (including phenoxy) is 1. The van der Waals surface area contributed by atoms with Gasteiger partial charge in [0.05, 0.1) is 28.9 Å². The van der Waals surface area contributed by atoms with Crippen molar-refractivity contribution in [3.8, 4) is 5.75 Å². The van der Waals surface area contributed by atoms with Crippen LogP contribution in [-0.2, 0) is 4.79 Å². The van der Waals surface area contributed by atoms with Gasteiger partial charge in [0.15, 0.2) is 17.5 Å². The highest BCUT2D eigenvalue weighted by molar-refractivity contribution is 7.17. The molecule has 3 heterocycles. The third-order valence-corrected chi connectivity index (χ3v) is 6.93. The molecule has 31 heavy (non-hydrogen) atoms. The number of thiazole rings is 1. The lowest BCUT2D eigenvalue weighted by molar-refractivity contribution is -0.138. The highest BCUT2D eigenvalue weighted by Crippen LogP contribution is 2.40. The first-order valence-electron chi connectivity index (χ1n) is 9.71. The van der Waals surface area contributed by atoms with E-state index in [1.54, 1.807) is 13.3 Å². The zero-order valence-corrected chi connectivity index (χ0v) is 18.5. The van der Waals surface area contributed by atoms with E-state index in [0.29, 0.717) is 16.7 Å². The molecule has 5 N–H and O–H groups in total. The fourth-order valence-corrected chi connectivity index (χ4v) is 5.17. The van der Waals surface area contributed by atoms with E-state index in [2.05, 4.69) is 19.9 Å². The van der Waals surface area contributed by atoms with Gasteiger partial charge in [-0.2, -0.15) is 0 Å². The van der Waals surface area contributed by atoms with Crippen LogP contribution in [0, 0.1) is 11.8 Å². The zero-order valence-electron chi connectivity index (χ0n) is 16.9. The number of carboxylic acids is 1. The van der Waals surface area contributed by atoms with E-state index in [1.807, 2.05) is 18.2 Å². The van der Waals surface area contributed by atoms with E-state index in [0.717, 1.165) is 52.9 Å². The molecule has 2 aromatic rings. The van der Waals surface area contributed by atoms with Crippen molar-refractivity contribution < 1.29 is 14.6 Å². The minimum absolute atomic E-state index is 0.144. The molecule has 1 aromatic heterocycles. The number of methoxy groups -OCH3 is 1. The first kappa shape index (κ1) is 21.5. The summed E-state index contributed by atoms with van der Waals surface area (Å²) in [5.74, 6) is 6.41. The summed E-state index contributed by atoms with van der Waals surface area (Å²) in [6, 6.07) is 5.73. The number of nitrogens with two attached hydrogens (primary N) is 2. The van der Waals surface area contributed by atoms with E-state index < -0.39 is 12.5 Å². The first-order valence-corrected chi connectivity index (χ1v) is 10.9. The maximum atomic E-state index is 10.7. The summed E-state index contributed by atoms with van der Waals surface area (Å²) in [7, 11) is 1.65. The average molecular weight is 466 g/mol. The lowest BCUT2D eigenvalue weighted by atomic mass is 10.0. The average Bonchev–Trinajstić information content (AvgIpc) is 3.42. The second kappa shape index (κ2) is 8.77. The summed E-state index contributed by atoms with van der Waals surface area (Å²) in [5, 5.41) is 15.1. The van der Waals surface area contributed by atoms with Gasteiger partial charge in [-0.05, 0) is 12.1 Å². The largest absolute Gasteiger partial charge is 0.497 e. The second-order valence-corrected chi connectivity index (χ2v) is 9.05. The Hall–Kier alpha value is -2.76. The molecule has 2 fully saturated rings. The smallest absolute Gasteiger partial charge is 0.326 e. The Labute approximate surface area is 188 Å². The molecule has 1 aromatic carbocycles. The van der Waals surface area contributed by atoms with E-state index in [9.17, 15) is 4.79 Å². The van der Waals surface area contributed by atoms with E-state index in [1.165, 1.54) is 11.3 Å². The molecule has 0 spiro atoms. The molecule has 0 amide bonds. The molecule has 0 bridgehead atoms. The fraction of sp³-hybridized carbons (Fsp3) is 0.421. The lowest BCUT2D eigenvalue weighted by Crippen LogP contribution is -2.33. The maximum Gasteiger partial charge on any atom is 0.326 e. The Morgan fingerprint density at radius 3 is 2.68 bits per heavy atom. The van der Waals surface area contributed by atoms with Crippen LogP contribution < -0.4 is 26.1 Å². The van der Waals surface area contributed by atoms with Gasteiger partial charge in [0.25, 0.3) is 0 Å². The number of benzene rings is 1. The molecule has 2 atom stereocenters. The molecule has 2 aliphatic rings. The SMILES string of the molecule is COc1ccc(Cl)c(N2CC3CN(c4ncc(/C(N)=N/N(N)CC(=O)O)s4)CC3C2)c1. The molecule has 166 valence electrons. The van der Waals surface area contributed by atoms with Crippen molar-refractivity contribution in [1.82, 2.24) is 10.1 Å². The van der Waals surface area contributed by atoms with E-state index in [-0.39, 0.29) is 5.84 Å². The molecular formula is C19H24ClN7O3S. The number of nitrogens with zero attached hydrogens (tertiary/aromatic N) is 5. The quantitative estimate of drug-likeness (QED) is 0.239. The van der Waals surface area contributed by atoms with E-state index >= 15 is 0 Å². The monoisotopic (exact) mass is 465 g/mol. The minimum Gasteiger partial charge on any atom is -0.497 e. The number of rotatable bonds is 7. The number of hydrogen-bond acceptors (Lipinski definition) is 9. The number of carboxylic acid groups (broad SMARTS) is 1. The summed E-state index contributed by atoms with van der Waals surface area (Å²) < 4.78 is 5.34. The van der Waals surface area contributed by atoms with Crippen molar-refractivity contribution in [1.29, 1.82) is 0 Å². The molecular weight excluding hydrogens is 442 g/mol. The van der Waals surface area contributed by atoms with Crippen LogP contribution >= 0.6 is 22.9 Å². The number of aromatic nitrogens is 1. The normalized spacial score (nSPS) is 20.8. The topological polar surface area (TPSA) is 134 Å². The molecule has 2 aliphatic heterocycles. The van der Waals surface area contributed by atoms with Gasteiger partial charge in [0.1, 0.15) is 5.75 Å². The van der Waals surface area contributed by atoms with Crippen LogP contribution in [0.5, 0.6) is 5.75 Å². The zero-order chi connectivity index (χ0) is 22.1. The Morgan fingerprint density at radius 2 is 2.03 bits per heavy atom. The molecule has 0 saturated carbocycles. The summed E-state index contributed by atoms with van der Waals surface area (Å²) in [5.41, 5.74) is 6.96. The number of hydrazine groups is 1. The summed E-state index contributed by atoms with van der Waals surface area (Å²) in [6.45, 7) is 3.21. The highest BCUT2D eigenvalue weighted by Gasteiger charge is 2.41. The van der Waals surface area contributed by atoms with Crippen LogP contribution in [0.15, 0.2) is 29.5 Å². The van der Waals surface area contributed by atoms with Crippen LogP contribution in [0.2, 0.25) is 5.02 Å². The van der Waals surface area contributed by atoms with Crippen LogP contribution in [-0.4, -0.2) is 66.8 Å². The van der Waals surface area contributed by atoms with Gasteiger partial charge in [-0.3, -0.25) is 4.79 Å². The minimum atomic E-state index is -1.09. The third kappa shape index (κ3) is 4.63. The Bertz CT molecular complexity index is 987. The van der Waals surface area contributed by atoms with Gasteiger partial charge in [-0.1, -0.05) is 22.9 Å². The number of aliphatic carboxylic acids is 1.